The van der Waals surface area contributed by atoms with Crippen LogP contribution in [0.1, 0.15) is 19.3 Å². The van der Waals surface area contributed by atoms with Crippen molar-refractivity contribution in [1.29, 1.82) is 0 Å². The van der Waals surface area contributed by atoms with Crippen LogP contribution in [0.4, 0.5) is 0 Å². The molecule has 1 fully saturated rings. The first-order valence-corrected chi connectivity index (χ1v) is 4.55. The van der Waals surface area contributed by atoms with Crippen LogP contribution in [-0.2, 0) is 9.53 Å². The van der Waals surface area contributed by atoms with Gasteiger partial charge in [-0.3, -0.25) is 0 Å². The number of methoxy groups -OCH3 is 1. The minimum Gasteiger partial charge on any atom is -0.381 e. The highest BCUT2D eigenvalue weighted by atomic mass is 16.5. The molecular formula is C9H17NO2. The Morgan fingerprint density at radius 1 is 1.75 bits per heavy atom. The molecule has 3 nitrogen and oxygen atoms in total. The largest absolute Gasteiger partial charge is 0.381 e. The van der Waals surface area contributed by atoms with Crippen LogP contribution in [0.5, 0.6) is 0 Å². The quantitative estimate of drug-likeness (QED) is 0.629. The smallest absolute Gasteiger partial charge is 0.122 e. The number of ether oxygens (including phenoxy) is 1. The Morgan fingerprint density at radius 3 is 3.08 bits per heavy atom. The van der Waals surface area contributed by atoms with Crippen molar-refractivity contribution in [3.8, 4) is 0 Å². The molecule has 0 aromatic heterocycles. The van der Waals surface area contributed by atoms with Gasteiger partial charge in [0.05, 0.1) is 6.10 Å². The fourth-order valence-corrected chi connectivity index (χ4v) is 1.77. The van der Waals surface area contributed by atoms with E-state index < -0.39 is 0 Å². The zero-order valence-electron chi connectivity index (χ0n) is 7.58. The predicted molar refractivity (Wildman–Crippen MR) is 47.1 cm³/mol. The van der Waals surface area contributed by atoms with Crippen LogP contribution in [0, 0.1) is 5.92 Å². The fraction of sp³-hybridized carbons (Fsp3) is 0.889. The van der Waals surface area contributed by atoms with Crippen LogP contribution in [0.3, 0.4) is 0 Å². The van der Waals surface area contributed by atoms with Gasteiger partial charge in [0.1, 0.15) is 6.29 Å². The summed E-state index contributed by atoms with van der Waals surface area (Å²) >= 11 is 0. The average Bonchev–Trinajstić information content (AvgIpc) is 2.15. The molecule has 1 rings (SSSR count). The molecular weight excluding hydrogens is 154 g/mol. The molecule has 0 amide bonds. The van der Waals surface area contributed by atoms with Gasteiger partial charge in [0.15, 0.2) is 0 Å². The summed E-state index contributed by atoms with van der Waals surface area (Å²) in [5.41, 5.74) is 0. The molecule has 1 saturated heterocycles. The SMILES string of the molecule is COC(CC=O)C1CCCNC1. The highest BCUT2D eigenvalue weighted by Crippen LogP contribution is 2.18. The molecule has 0 radical (unpaired) electrons. The Balaban J connectivity index is 2.34. The molecule has 0 bridgehead atoms. The van der Waals surface area contributed by atoms with Crippen LogP contribution < -0.4 is 5.32 Å². The number of rotatable bonds is 4. The van der Waals surface area contributed by atoms with E-state index in [1.165, 1.54) is 12.8 Å². The topological polar surface area (TPSA) is 38.3 Å². The number of piperidine rings is 1. The van der Waals surface area contributed by atoms with Gasteiger partial charge >= 0.3 is 0 Å². The molecule has 0 spiro atoms. The van der Waals surface area contributed by atoms with Crippen molar-refractivity contribution in [2.45, 2.75) is 25.4 Å². The fourth-order valence-electron chi connectivity index (χ4n) is 1.77. The second-order valence-corrected chi connectivity index (χ2v) is 3.28. The van der Waals surface area contributed by atoms with Crippen molar-refractivity contribution < 1.29 is 9.53 Å². The number of nitrogens with one attached hydrogen (secondary N) is 1. The lowest BCUT2D eigenvalue weighted by Gasteiger charge is -2.28. The van der Waals surface area contributed by atoms with E-state index in [1.54, 1.807) is 7.11 Å². The number of hydrogen-bond acceptors (Lipinski definition) is 3. The summed E-state index contributed by atoms with van der Waals surface area (Å²) in [7, 11) is 1.68. The van der Waals surface area contributed by atoms with Crippen LogP contribution >= 0.6 is 0 Å². The van der Waals surface area contributed by atoms with Crippen molar-refractivity contribution in [1.82, 2.24) is 5.32 Å². The van der Waals surface area contributed by atoms with Gasteiger partial charge in [-0.2, -0.15) is 0 Å². The van der Waals surface area contributed by atoms with Crippen molar-refractivity contribution in [3.05, 3.63) is 0 Å². The molecule has 70 valence electrons. The van der Waals surface area contributed by atoms with E-state index in [4.69, 9.17) is 4.74 Å². The first kappa shape index (κ1) is 9.68. The molecule has 0 aromatic carbocycles. The Labute approximate surface area is 73.5 Å². The van der Waals surface area contributed by atoms with Gasteiger partial charge in [0, 0.05) is 20.1 Å². The lowest BCUT2D eigenvalue weighted by atomic mass is 9.92. The zero-order chi connectivity index (χ0) is 8.81. The molecule has 1 N–H and O–H groups in total. The second kappa shape index (κ2) is 5.27. The molecule has 3 heteroatoms. The third kappa shape index (κ3) is 2.57. The zero-order valence-corrected chi connectivity index (χ0v) is 7.58. The molecule has 0 aromatic rings. The second-order valence-electron chi connectivity index (χ2n) is 3.28. The third-order valence-corrected chi connectivity index (χ3v) is 2.49. The lowest BCUT2D eigenvalue weighted by Crippen LogP contribution is -2.37. The van der Waals surface area contributed by atoms with Gasteiger partial charge < -0.3 is 14.8 Å². The summed E-state index contributed by atoms with van der Waals surface area (Å²) in [4.78, 5) is 10.3. The molecule has 2 atom stereocenters. The maximum atomic E-state index is 10.3. The molecule has 1 aliphatic rings. The molecule has 0 aliphatic carbocycles. The van der Waals surface area contributed by atoms with Crippen molar-refractivity contribution >= 4 is 6.29 Å². The Hall–Kier alpha value is -0.410. The summed E-state index contributed by atoms with van der Waals surface area (Å²) in [5, 5.41) is 3.31. The lowest BCUT2D eigenvalue weighted by molar-refractivity contribution is -0.111. The minimum atomic E-state index is 0.121. The van der Waals surface area contributed by atoms with Gasteiger partial charge in [-0.05, 0) is 25.3 Å². The highest BCUT2D eigenvalue weighted by Gasteiger charge is 2.22. The van der Waals surface area contributed by atoms with Gasteiger partial charge in [-0.1, -0.05) is 0 Å². The van der Waals surface area contributed by atoms with E-state index in [9.17, 15) is 4.79 Å². The number of hydrogen-bond donors (Lipinski definition) is 1. The van der Waals surface area contributed by atoms with Crippen LogP contribution in [0.2, 0.25) is 0 Å². The maximum Gasteiger partial charge on any atom is 0.122 e. The molecule has 2 unspecified atom stereocenters. The number of carbonyl (C=O) groups excluding carboxylic acids is 1. The van der Waals surface area contributed by atoms with Crippen LogP contribution in [0.25, 0.3) is 0 Å². The molecule has 12 heavy (non-hydrogen) atoms. The Morgan fingerprint density at radius 2 is 2.58 bits per heavy atom. The third-order valence-electron chi connectivity index (χ3n) is 2.49. The van der Waals surface area contributed by atoms with E-state index in [-0.39, 0.29) is 6.10 Å². The van der Waals surface area contributed by atoms with Gasteiger partial charge in [0.2, 0.25) is 0 Å². The average molecular weight is 171 g/mol. The summed E-state index contributed by atoms with van der Waals surface area (Å²) in [6.45, 7) is 2.10. The first-order valence-electron chi connectivity index (χ1n) is 4.55. The van der Waals surface area contributed by atoms with E-state index in [0.717, 1.165) is 19.4 Å². The summed E-state index contributed by atoms with van der Waals surface area (Å²) < 4.78 is 5.26. The van der Waals surface area contributed by atoms with Gasteiger partial charge in [-0.25, -0.2) is 0 Å². The standard InChI is InChI=1S/C9H17NO2/c1-12-9(4-6-11)8-3-2-5-10-7-8/h6,8-10H,2-5,7H2,1H3. The van der Waals surface area contributed by atoms with Crippen LogP contribution in [0.15, 0.2) is 0 Å². The maximum absolute atomic E-state index is 10.3. The summed E-state index contributed by atoms with van der Waals surface area (Å²) in [5.74, 6) is 0.522. The van der Waals surface area contributed by atoms with Crippen LogP contribution in [-0.4, -0.2) is 32.6 Å². The Bertz CT molecular complexity index is 132. The van der Waals surface area contributed by atoms with Crippen molar-refractivity contribution in [3.63, 3.8) is 0 Å². The number of aldehydes is 1. The molecule has 1 aliphatic heterocycles. The van der Waals surface area contributed by atoms with Gasteiger partial charge in [-0.15, -0.1) is 0 Å². The molecule has 0 saturated carbocycles. The Kier molecular flexibility index (Phi) is 4.25. The van der Waals surface area contributed by atoms with E-state index in [0.29, 0.717) is 12.3 Å². The summed E-state index contributed by atoms with van der Waals surface area (Å²) in [6.07, 6.45) is 3.98. The first-order chi connectivity index (χ1) is 5.88. The highest BCUT2D eigenvalue weighted by molar-refractivity contribution is 5.50. The predicted octanol–water partition coefficient (Wildman–Crippen LogP) is 0.590. The normalized spacial score (nSPS) is 26.6. The molecule has 1 heterocycles. The number of carbonyl (C=O) groups is 1. The monoisotopic (exact) mass is 171 g/mol. The van der Waals surface area contributed by atoms with Gasteiger partial charge in [0.25, 0.3) is 0 Å². The summed E-state index contributed by atoms with van der Waals surface area (Å²) in [6, 6.07) is 0. The van der Waals surface area contributed by atoms with Crippen molar-refractivity contribution in [2.75, 3.05) is 20.2 Å². The van der Waals surface area contributed by atoms with E-state index in [2.05, 4.69) is 5.32 Å². The minimum absolute atomic E-state index is 0.121. The van der Waals surface area contributed by atoms with Crippen molar-refractivity contribution in [2.24, 2.45) is 5.92 Å². The van der Waals surface area contributed by atoms with E-state index in [1.807, 2.05) is 0 Å². The van der Waals surface area contributed by atoms with E-state index >= 15 is 0 Å².